The van der Waals surface area contributed by atoms with Gasteiger partial charge in [0.1, 0.15) is 0 Å². The molecule has 0 saturated carbocycles. The average molecular weight is 220 g/mol. The Morgan fingerprint density at radius 1 is 1.25 bits per heavy atom. The minimum Gasteiger partial charge on any atom is -0.423 e. The maximum atomic E-state index is 11.7. The number of carbonyl (C=O) groups excluding carboxylic acids is 1. The molecule has 1 rings (SSSR count). The van der Waals surface area contributed by atoms with Crippen molar-refractivity contribution in [2.45, 2.75) is 26.7 Å². The van der Waals surface area contributed by atoms with Crippen LogP contribution in [-0.2, 0) is 0 Å². The Bertz CT molecular complexity index is 344. The van der Waals surface area contributed by atoms with Gasteiger partial charge in [-0.2, -0.15) is 0 Å². The summed E-state index contributed by atoms with van der Waals surface area (Å²) in [7, 11) is -1.47. The molecular weight excluding hydrogens is 203 g/mol. The molecule has 0 aliphatic carbocycles. The first-order chi connectivity index (χ1) is 7.50. The van der Waals surface area contributed by atoms with Crippen molar-refractivity contribution >= 4 is 18.4 Å². The maximum Gasteiger partial charge on any atom is 0.488 e. The number of carbonyl (C=O) groups is 1. The first kappa shape index (κ1) is 12.9. The van der Waals surface area contributed by atoms with Crippen LogP contribution in [0.25, 0.3) is 0 Å². The van der Waals surface area contributed by atoms with Crippen LogP contribution in [-0.4, -0.2) is 22.9 Å². The van der Waals surface area contributed by atoms with Gasteiger partial charge in [0.15, 0.2) is 5.78 Å². The second-order valence-electron chi connectivity index (χ2n) is 4.35. The highest BCUT2D eigenvalue weighted by atomic mass is 16.4. The molecule has 0 saturated heterocycles. The van der Waals surface area contributed by atoms with Gasteiger partial charge >= 0.3 is 7.12 Å². The lowest BCUT2D eigenvalue weighted by Crippen LogP contribution is -2.29. The predicted octanol–water partition coefficient (Wildman–Crippen LogP) is 0.985. The van der Waals surface area contributed by atoms with Crippen molar-refractivity contribution in [3.63, 3.8) is 0 Å². The van der Waals surface area contributed by atoms with Crippen LogP contribution in [0.3, 0.4) is 0 Å². The first-order valence-corrected chi connectivity index (χ1v) is 5.50. The van der Waals surface area contributed by atoms with E-state index >= 15 is 0 Å². The number of Topliss-reactive ketones (excluding diaryl/α,β-unsaturated/α-hetero) is 1. The summed E-state index contributed by atoms with van der Waals surface area (Å²) in [5, 5.41) is 17.8. The maximum absolute atomic E-state index is 11.7. The van der Waals surface area contributed by atoms with E-state index in [1.54, 1.807) is 24.3 Å². The lowest BCUT2D eigenvalue weighted by molar-refractivity contribution is 0.0975. The highest BCUT2D eigenvalue weighted by molar-refractivity contribution is 6.58. The summed E-state index contributed by atoms with van der Waals surface area (Å²) in [4.78, 5) is 11.7. The van der Waals surface area contributed by atoms with Crippen LogP contribution in [0.4, 0.5) is 0 Å². The minimum absolute atomic E-state index is 0.104. The molecule has 0 atom stereocenters. The predicted molar refractivity (Wildman–Crippen MR) is 64.7 cm³/mol. The molecule has 0 aromatic heterocycles. The Balaban J connectivity index is 2.63. The zero-order chi connectivity index (χ0) is 12.1. The van der Waals surface area contributed by atoms with Gasteiger partial charge in [-0.3, -0.25) is 4.79 Å². The quantitative estimate of drug-likeness (QED) is 0.574. The van der Waals surface area contributed by atoms with Gasteiger partial charge in [-0.05, 0) is 17.8 Å². The molecule has 0 heterocycles. The van der Waals surface area contributed by atoms with Gasteiger partial charge in [0, 0.05) is 12.0 Å². The Labute approximate surface area is 96.3 Å². The third kappa shape index (κ3) is 3.79. The first-order valence-electron chi connectivity index (χ1n) is 5.50. The molecule has 0 amide bonds. The highest BCUT2D eigenvalue weighted by Gasteiger charge is 2.12. The van der Waals surface area contributed by atoms with Crippen molar-refractivity contribution in [3.05, 3.63) is 29.8 Å². The van der Waals surface area contributed by atoms with Gasteiger partial charge in [-0.1, -0.05) is 38.1 Å². The van der Waals surface area contributed by atoms with Crippen LogP contribution in [0.5, 0.6) is 0 Å². The molecule has 0 fully saturated rings. The third-order valence-corrected chi connectivity index (χ3v) is 2.48. The number of ketones is 1. The Morgan fingerprint density at radius 3 is 2.25 bits per heavy atom. The van der Waals surface area contributed by atoms with Gasteiger partial charge in [0.25, 0.3) is 0 Å². The van der Waals surface area contributed by atoms with Crippen LogP contribution in [0, 0.1) is 5.92 Å². The molecular formula is C12H17BO3. The molecule has 1 aromatic carbocycles. The number of rotatable bonds is 5. The fourth-order valence-electron chi connectivity index (χ4n) is 1.41. The Hall–Kier alpha value is -1.13. The summed E-state index contributed by atoms with van der Waals surface area (Å²) in [6.45, 7) is 4.16. The van der Waals surface area contributed by atoms with Crippen LogP contribution in [0.2, 0.25) is 0 Å². The smallest absolute Gasteiger partial charge is 0.423 e. The van der Waals surface area contributed by atoms with Crippen LogP contribution >= 0.6 is 0 Å². The molecule has 1 aromatic rings. The van der Waals surface area contributed by atoms with E-state index in [1.807, 2.05) is 0 Å². The number of benzene rings is 1. The van der Waals surface area contributed by atoms with Gasteiger partial charge in [-0.15, -0.1) is 0 Å². The second kappa shape index (κ2) is 5.82. The van der Waals surface area contributed by atoms with E-state index < -0.39 is 7.12 Å². The summed E-state index contributed by atoms with van der Waals surface area (Å²) in [6.07, 6.45) is 1.42. The molecule has 0 aliphatic heterocycles. The SMILES string of the molecule is CC(C)CCC(=O)c1ccc(B(O)O)cc1. The lowest BCUT2D eigenvalue weighted by Gasteiger charge is -2.05. The summed E-state index contributed by atoms with van der Waals surface area (Å²) in [5.74, 6) is 0.621. The Kier molecular flexibility index (Phi) is 4.71. The topological polar surface area (TPSA) is 57.5 Å². The van der Waals surface area contributed by atoms with Crippen LogP contribution in [0.1, 0.15) is 37.0 Å². The molecule has 3 nitrogen and oxygen atoms in total. The van der Waals surface area contributed by atoms with Gasteiger partial charge in [0.2, 0.25) is 0 Å². The standard InChI is InChI=1S/C12H17BO3/c1-9(2)3-8-12(14)10-4-6-11(7-5-10)13(15)16/h4-7,9,15-16H,3,8H2,1-2H3. The molecule has 0 radical (unpaired) electrons. The Morgan fingerprint density at radius 2 is 1.81 bits per heavy atom. The monoisotopic (exact) mass is 220 g/mol. The second-order valence-corrected chi connectivity index (χ2v) is 4.35. The summed E-state index contributed by atoms with van der Waals surface area (Å²) in [6, 6.07) is 6.40. The molecule has 0 aliphatic rings. The van der Waals surface area contributed by atoms with E-state index in [2.05, 4.69) is 13.8 Å². The molecule has 0 bridgehead atoms. The molecule has 4 heteroatoms. The number of hydrogen-bond acceptors (Lipinski definition) is 3. The van der Waals surface area contributed by atoms with Crippen molar-refractivity contribution in [2.24, 2.45) is 5.92 Å². The number of hydrogen-bond donors (Lipinski definition) is 2. The van der Waals surface area contributed by atoms with Crippen LogP contribution < -0.4 is 5.46 Å². The van der Waals surface area contributed by atoms with Crippen molar-refractivity contribution in [1.82, 2.24) is 0 Å². The van der Waals surface area contributed by atoms with Crippen LogP contribution in [0.15, 0.2) is 24.3 Å². The van der Waals surface area contributed by atoms with Crippen molar-refractivity contribution in [3.8, 4) is 0 Å². The lowest BCUT2D eigenvalue weighted by atomic mass is 9.80. The molecule has 2 N–H and O–H groups in total. The zero-order valence-electron chi connectivity index (χ0n) is 9.68. The van der Waals surface area contributed by atoms with Gasteiger partial charge in [0.05, 0.1) is 0 Å². The third-order valence-electron chi connectivity index (χ3n) is 2.48. The van der Waals surface area contributed by atoms with Crippen molar-refractivity contribution < 1.29 is 14.8 Å². The largest absolute Gasteiger partial charge is 0.488 e. The normalized spacial score (nSPS) is 10.6. The molecule has 0 unspecified atom stereocenters. The van der Waals surface area contributed by atoms with E-state index in [0.717, 1.165) is 6.42 Å². The van der Waals surface area contributed by atoms with E-state index in [4.69, 9.17) is 10.0 Å². The van der Waals surface area contributed by atoms with E-state index in [1.165, 1.54) is 0 Å². The van der Waals surface area contributed by atoms with Gasteiger partial charge in [-0.25, -0.2) is 0 Å². The van der Waals surface area contributed by atoms with Crippen molar-refractivity contribution in [1.29, 1.82) is 0 Å². The average Bonchev–Trinajstić information content (AvgIpc) is 2.26. The van der Waals surface area contributed by atoms with E-state index in [-0.39, 0.29) is 5.78 Å². The minimum atomic E-state index is -1.47. The highest BCUT2D eigenvalue weighted by Crippen LogP contribution is 2.09. The van der Waals surface area contributed by atoms with Gasteiger partial charge < -0.3 is 10.0 Å². The zero-order valence-corrected chi connectivity index (χ0v) is 9.68. The summed E-state index contributed by atoms with van der Waals surface area (Å²) in [5.41, 5.74) is 1.03. The molecule has 0 spiro atoms. The van der Waals surface area contributed by atoms with E-state index in [0.29, 0.717) is 23.4 Å². The fraction of sp³-hybridized carbons (Fsp3) is 0.417. The summed E-state index contributed by atoms with van der Waals surface area (Å²) < 4.78 is 0. The van der Waals surface area contributed by atoms with Crippen molar-refractivity contribution in [2.75, 3.05) is 0 Å². The molecule has 86 valence electrons. The summed E-state index contributed by atoms with van der Waals surface area (Å²) >= 11 is 0. The molecule has 16 heavy (non-hydrogen) atoms. The van der Waals surface area contributed by atoms with E-state index in [9.17, 15) is 4.79 Å². The fourth-order valence-corrected chi connectivity index (χ4v) is 1.41.